The van der Waals surface area contributed by atoms with Gasteiger partial charge in [0, 0.05) is 24.8 Å². The molecular formula is C21H34N2. The highest BCUT2D eigenvalue weighted by Gasteiger charge is 2.20. The summed E-state index contributed by atoms with van der Waals surface area (Å²) in [7, 11) is 0. The molecular weight excluding hydrogens is 280 g/mol. The van der Waals surface area contributed by atoms with E-state index < -0.39 is 0 Å². The Balaban J connectivity index is 1.60. The average molecular weight is 315 g/mol. The second-order valence-corrected chi connectivity index (χ2v) is 7.20. The highest BCUT2D eigenvalue weighted by molar-refractivity contribution is 5.61. The molecule has 0 unspecified atom stereocenters. The quantitative estimate of drug-likeness (QED) is 0.650. The number of likely N-dealkylation sites (tertiary alicyclic amines) is 1. The molecule has 1 saturated heterocycles. The molecule has 128 valence electrons. The molecule has 1 fully saturated rings. The molecule has 0 aliphatic carbocycles. The minimum atomic E-state index is 0.622. The Kier molecular flexibility index (Phi) is 7.67. The third kappa shape index (κ3) is 6.39. The van der Waals surface area contributed by atoms with Crippen molar-refractivity contribution in [2.24, 2.45) is 5.92 Å². The summed E-state index contributed by atoms with van der Waals surface area (Å²) in [5.74, 6) is 0.924. The molecule has 1 aromatic carbocycles. The number of rotatable bonds is 9. The smallest absolute Gasteiger partial charge is 0.0366 e. The summed E-state index contributed by atoms with van der Waals surface area (Å²) in [6.07, 6.45) is 8.15. The zero-order valence-electron chi connectivity index (χ0n) is 15.1. The third-order valence-corrected chi connectivity index (χ3v) is 4.94. The number of hydrogen-bond donors (Lipinski definition) is 1. The first kappa shape index (κ1) is 18.1. The van der Waals surface area contributed by atoms with Crippen molar-refractivity contribution in [3.05, 3.63) is 42.5 Å². The van der Waals surface area contributed by atoms with Gasteiger partial charge in [-0.15, -0.1) is 0 Å². The molecule has 1 aromatic rings. The lowest BCUT2D eigenvalue weighted by molar-refractivity contribution is 0.242. The molecule has 1 heterocycles. The van der Waals surface area contributed by atoms with Crippen LogP contribution in [-0.2, 0) is 0 Å². The summed E-state index contributed by atoms with van der Waals surface area (Å²) in [5, 5.41) is 3.50. The number of benzene rings is 1. The summed E-state index contributed by atoms with van der Waals surface area (Å²) >= 11 is 0. The number of unbranched alkanes of at least 4 members (excludes halogenated alkanes) is 2. The van der Waals surface area contributed by atoms with Gasteiger partial charge in [0.25, 0.3) is 0 Å². The molecule has 0 amide bonds. The summed E-state index contributed by atoms with van der Waals surface area (Å²) in [5.41, 5.74) is 2.47. The number of nitrogens with one attached hydrogen (secondary N) is 1. The molecule has 0 spiro atoms. The predicted octanol–water partition coefficient (Wildman–Crippen LogP) is 4.93. The fourth-order valence-corrected chi connectivity index (χ4v) is 3.43. The first-order valence-electron chi connectivity index (χ1n) is 9.39. The van der Waals surface area contributed by atoms with Gasteiger partial charge in [-0.25, -0.2) is 0 Å². The van der Waals surface area contributed by atoms with E-state index >= 15 is 0 Å². The minimum Gasteiger partial charge on any atom is -0.372 e. The molecule has 0 bridgehead atoms. The molecule has 0 atom stereocenters. The molecule has 1 aliphatic rings. The Morgan fingerprint density at radius 3 is 2.48 bits per heavy atom. The molecule has 23 heavy (non-hydrogen) atoms. The van der Waals surface area contributed by atoms with Crippen LogP contribution in [0.15, 0.2) is 36.9 Å². The van der Waals surface area contributed by atoms with Crippen LogP contribution in [0.4, 0.5) is 0 Å². The first-order valence-corrected chi connectivity index (χ1v) is 9.39. The SMILES string of the molecule is C=C(c1ccccc1)N1CCC(CCCCCNC(C)C)CC1. The Bertz CT molecular complexity index is 444. The van der Waals surface area contributed by atoms with E-state index in [1.54, 1.807) is 0 Å². The second-order valence-electron chi connectivity index (χ2n) is 7.20. The maximum absolute atomic E-state index is 4.30. The van der Waals surface area contributed by atoms with E-state index in [-0.39, 0.29) is 0 Å². The lowest BCUT2D eigenvalue weighted by atomic mass is 9.90. The van der Waals surface area contributed by atoms with Crippen LogP contribution in [0.1, 0.15) is 57.9 Å². The highest BCUT2D eigenvalue weighted by atomic mass is 15.1. The monoisotopic (exact) mass is 314 g/mol. The largest absolute Gasteiger partial charge is 0.372 e. The van der Waals surface area contributed by atoms with Crippen molar-refractivity contribution in [1.29, 1.82) is 0 Å². The maximum atomic E-state index is 4.30. The third-order valence-electron chi connectivity index (χ3n) is 4.94. The van der Waals surface area contributed by atoms with Gasteiger partial charge < -0.3 is 10.2 Å². The van der Waals surface area contributed by atoms with Crippen LogP contribution in [0.3, 0.4) is 0 Å². The maximum Gasteiger partial charge on any atom is 0.0366 e. The standard InChI is InChI=1S/C21H34N2/c1-18(2)22-15-9-5-6-10-20-13-16-23(17-14-20)19(3)21-11-7-4-8-12-21/h4,7-8,11-12,18,20,22H,3,5-6,9-10,13-17H2,1-2H3. The van der Waals surface area contributed by atoms with Crippen LogP contribution < -0.4 is 5.32 Å². The summed E-state index contributed by atoms with van der Waals surface area (Å²) in [6.45, 7) is 12.3. The summed E-state index contributed by atoms with van der Waals surface area (Å²) in [4.78, 5) is 2.47. The van der Waals surface area contributed by atoms with Crippen molar-refractivity contribution >= 4 is 5.70 Å². The zero-order chi connectivity index (χ0) is 16.5. The Morgan fingerprint density at radius 1 is 1.13 bits per heavy atom. The van der Waals surface area contributed by atoms with E-state index in [2.05, 4.69) is 61.0 Å². The molecule has 2 nitrogen and oxygen atoms in total. The van der Waals surface area contributed by atoms with Crippen molar-refractivity contribution in [3.63, 3.8) is 0 Å². The Morgan fingerprint density at radius 2 is 1.83 bits per heavy atom. The van der Waals surface area contributed by atoms with E-state index in [4.69, 9.17) is 0 Å². The van der Waals surface area contributed by atoms with Crippen LogP contribution >= 0.6 is 0 Å². The average Bonchev–Trinajstić information content (AvgIpc) is 2.58. The molecule has 0 radical (unpaired) electrons. The molecule has 2 rings (SSSR count). The molecule has 0 aromatic heterocycles. The molecule has 1 aliphatic heterocycles. The van der Waals surface area contributed by atoms with Crippen molar-refractivity contribution < 1.29 is 0 Å². The zero-order valence-corrected chi connectivity index (χ0v) is 15.1. The Labute approximate surface area is 143 Å². The van der Waals surface area contributed by atoms with E-state index in [0.717, 1.165) is 5.92 Å². The molecule has 2 heteroatoms. The van der Waals surface area contributed by atoms with Crippen LogP contribution in [0.5, 0.6) is 0 Å². The topological polar surface area (TPSA) is 15.3 Å². The number of nitrogens with zero attached hydrogens (tertiary/aromatic N) is 1. The van der Waals surface area contributed by atoms with E-state index in [9.17, 15) is 0 Å². The lowest BCUT2D eigenvalue weighted by Gasteiger charge is -2.35. The van der Waals surface area contributed by atoms with Crippen LogP contribution in [0, 0.1) is 5.92 Å². The van der Waals surface area contributed by atoms with Crippen LogP contribution in [0.25, 0.3) is 5.70 Å². The summed E-state index contributed by atoms with van der Waals surface area (Å²) in [6, 6.07) is 11.2. The number of hydrogen-bond acceptors (Lipinski definition) is 2. The number of piperidine rings is 1. The highest BCUT2D eigenvalue weighted by Crippen LogP contribution is 2.27. The van der Waals surface area contributed by atoms with Crippen LogP contribution in [0.2, 0.25) is 0 Å². The van der Waals surface area contributed by atoms with Gasteiger partial charge in [-0.05, 0) is 37.3 Å². The van der Waals surface area contributed by atoms with Gasteiger partial charge in [0.05, 0.1) is 0 Å². The van der Waals surface area contributed by atoms with Gasteiger partial charge in [0.1, 0.15) is 0 Å². The van der Waals surface area contributed by atoms with E-state index in [1.165, 1.54) is 69.4 Å². The fourth-order valence-electron chi connectivity index (χ4n) is 3.43. The van der Waals surface area contributed by atoms with Crippen molar-refractivity contribution in [2.45, 2.75) is 58.4 Å². The Hall–Kier alpha value is -1.28. The van der Waals surface area contributed by atoms with Gasteiger partial charge in [0.2, 0.25) is 0 Å². The lowest BCUT2D eigenvalue weighted by Crippen LogP contribution is -2.32. The van der Waals surface area contributed by atoms with Crippen molar-refractivity contribution in [3.8, 4) is 0 Å². The minimum absolute atomic E-state index is 0.622. The predicted molar refractivity (Wildman–Crippen MR) is 101 cm³/mol. The van der Waals surface area contributed by atoms with Gasteiger partial charge in [-0.1, -0.05) is 70.0 Å². The van der Waals surface area contributed by atoms with Gasteiger partial charge in [-0.2, -0.15) is 0 Å². The molecule has 1 N–H and O–H groups in total. The van der Waals surface area contributed by atoms with Gasteiger partial charge >= 0.3 is 0 Å². The van der Waals surface area contributed by atoms with Gasteiger partial charge in [0.15, 0.2) is 0 Å². The van der Waals surface area contributed by atoms with Crippen molar-refractivity contribution in [2.75, 3.05) is 19.6 Å². The van der Waals surface area contributed by atoms with Gasteiger partial charge in [-0.3, -0.25) is 0 Å². The second kappa shape index (κ2) is 9.77. The van der Waals surface area contributed by atoms with Crippen molar-refractivity contribution in [1.82, 2.24) is 10.2 Å². The van der Waals surface area contributed by atoms with E-state index in [0.29, 0.717) is 6.04 Å². The van der Waals surface area contributed by atoms with E-state index in [1.807, 2.05) is 0 Å². The van der Waals surface area contributed by atoms with Crippen LogP contribution in [-0.4, -0.2) is 30.6 Å². The fraction of sp³-hybridized carbons (Fsp3) is 0.619. The molecule has 0 saturated carbocycles. The first-order chi connectivity index (χ1) is 11.2. The summed E-state index contributed by atoms with van der Waals surface area (Å²) < 4.78 is 0. The normalized spacial score (nSPS) is 16.0.